The van der Waals surface area contributed by atoms with Gasteiger partial charge < -0.3 is 4.74 Å². The first kappa shape index (κ1) is 11.8. The van der Waals surface area contributed by atoms with E-state index in [1.54, 1.807) is 12.1 Å². The maximum atomic E-state index is 12.0. The number of ether oxygens (including phenoxy) is 1. The summed E-state index contributed by atoms with van der Waals surface area (Å²) in [4.78, 5) is 12.0. The fourth-order valence-electron chi connectivity index (χ4n) is 2.10. The Morgan fingerprint density at radius 2 is 2.06 bits per heavy atom. The minimum absolute atomic E-state index is 0.0575. The van der Waals surface area contributed by atoms with Crippen molar-refractivity contribution in [2.24, 2.45) is 5.92 Å². The zero-order valence-corrected chi connectivity index (χ0v) is 10.1. The van der Waals surface area contributed by atoms with Crippen molar-refractivity contribution < 1.29 is 9.53 Å². The normalized spacial score (nSPS) is 22.4. The van der Waals surface area contributed by atoms with Crippen molar-refractivity contribution in [3.8, 4) is 6.07 Å². The van der Waals surface area contributed by atoms with Gasteiger partial charge in [-0.25, -0.2) is 0 Å². The second-order valence-corrected chi connectivity index (χ2v) is 4.90. The van der Waals surface area contributed by atoms with Gasteiger partial charge in [-0.05, 0) is 38.0 Å². The molecule has 0 N–H and O–H groups in total. The highest BCUT2D eigenvalue weighted by molar-refractivity contribution is 5.90. The van der Waals surface area contributed by atoms with Crippen LogP contribution in [-0.2, 0) is 16.0 Å². The van der Waals surface area contributed by atoms with E-state index in [-0.39, 0.29) is 11.7 Å². The van der Waals surface area contributed by atoms with E-state index >= 15 is 0 Å². The van der Waals surface area contributed by atoms with Crippen LogP contribution in [-0.4, -0.2) is 18.0 Å². The molecule has 0 bridgehead atoms. The maximum absolute atomic E-state index is 12.0. The van der Waals surface area contributed by atoms with Crippen LogP contribution >= 0.6 is 0 Å². The summed E-state index contributed by atoms with van der Waals surface area (Å²) in [5, 5.41) is 8.70. The van der Waals surface area contributed by atoms with Crippen LogP contribution in [0.25, 0.3) is 0 Å². The van der Waals surface area contributed by atoms with Gasteiger partial charge in [-0.15, -0.1) is 0 Å². The van der Waals surface area contributed by atoms with E-state index in [1.165, 1.54) is 0 Å². The van der Waals surface area contributed by atoms with Crippen LogP contribution in [0.15, 0.2) is 24.3 Å². The summed E-state index contributed by atoms with van der Waals surface area (Å²) in [6.07, 6.45) is 0.688. The summed E-state index contributed by atoms with van der Waals surface area (Å²) in [7, 11) is 0. The summed E-state index contributed by atoms with van der Waals surface area (Å²) in [6.45, 7) is 4.12. The standard InChI is InChI=1S/C14H15NO2/c1-14(2)13(16)12(9-17-14)7-10-3-5-11(8-15)6-4-10/h3-6,12H,7,9H2,1-2H3. The number of benzene rings is 1. The van der Waals surface area contributed by atoms with Gasteiger partial charge in [0.25, 0.3) is 0 Å². The Hall–Kier alpha value is -1.66. The van der Waals surface area contributed by atoms with E-state index < -0.39 is 5.60 Å². The van der Waals surface area contributed by atoms with Crippen molar-refractivity contribution in [1.82, 2.24) is 0 Å². The van der Waals surface area contributed by atoms with Crippen molar-refractivity contribution >= 4 is 5.78 Å². The molecule has 1 saturated heterocycles. The number of carbonyl (C=O) groups excluding carboxylic acids is 1. The van der Waals surface area contributed by atoms with Crippen molar-refractivity contribution in [2.75, 3.05) is 6.61 Å². The average molecular weight is 229 g/mol. The molecule has 1 aromatic rings. The highest BCUT2D eigenvalue weighted by Gasteiger charge is 2.41. The van der Waals surface area contributed by atoms with Crippen molar-refractivity contribution in [3.05, 3.63) is 35.4 Å². The fraction of sp³-hybridized carbons (Fsp3) is 0.429. The van der Waals surface area contributed by atoms with Crippen molar-refractivity contribution in [3.63, 3.8) is 0 Å². The SMILES string of the molecule is CC1(C)OCC(Cc2ccc(C#N)cc2)C1=O. The molecule has 1 heterocycles. The molecule has 1 fully saturated rings. The fourth-order valence-corrected chi connectivity index (χ4v) is 2.10. The predicted molar refractivity (Wildman–Crippen MR) is 63.4 cm³/mol. The number of rotatable bonds is 2. The summed E-state index contributed by atoms with van der Waals surface area (Å²) in [5.41, 5.74) is 1.07. The summed E-state index contributed by atoms with van der Waals surface area (Å²) in [5.74, 6) is 0.111. The molecule has 0 aromatic heterocycles. The van der Waals surface area contributed by atoms with E-state index in [1.807, 2.05) is 26.0 Å². The number of Topliss-reactive ketones (excluding diaryl/α,β-unsaturated/α-hetero) is 1. The molecule has 88 valence electrons. The molecule has 0 radical (unpaired) electrons. The molecule has 0 spiro atoms. The zero-order chi connectivity index (χ0) is 12.5. The predicted octanol–water partition coefficient (Wildman–Crippen LogP) is 2.09. The molecule has 1 aliphatic heterocycles. The molecule has 3 heteroatoms. The summed E-state index contributed by atoms with van der Waals surface area (Å²) >= 11 is 0. The lowest BCUT2D eigenvalue weighted by Gasteiger charge is -2.14. The molecule has 1 unspecified atom stereocenters. The van der Waals surface area contributed by atoms with Crippen LogP contribution in [0.1, 0.15) is 25.0 Å². The van der Waals surface area contributed by atoms with Gasteiger partial charge in [-0.1, -0.05) is 12.1 Å². The first-order valence-corrected chi connectivity index (χ1v) is 5.70. The number of hydrogen-bond donors (Lipinski definition) is 0. The number of nitriles is 1. The van der Waals surface area contributed by atoms with Crippen LogP contribution in [0.2, 0.25) is 0 Å². The Bertz CT molecular complexity index is 468. The van der Waals surface area contributed by atoms with E-state index in [2.05, 4.69) is 6.07 Å². The minimum atomic E-state index is -0.642. The Morgan fingerprint density at radius 1 is 1.41 bits per heavy atom. The monoisotopic (exact) mass is 229 g/mol. The zero-order valence-electron chi connectivity index (χ0n) is 10.1. The lowest BCUT2D eigenvalue weighted by Crippen LogP contribution is -2.30. The first-order chi connectivity index (χ1) is 8.03. The summed E-state index contributed by atoms with van der Waals surface area (Å²) in [6, 6.07) is 9.44. The minimum Gasteiger partial charge on any atom is -0.367 e. The van der Waals surface area contributed by atoms with Crippen LogP contribution in [0.3, 0.4) is 0 Å². The lowest BCUT2D eigenvalue weighted by atomic mass is 9.90. The lowest BCUT2D eigenvalue weighted by molar-refractivity contribution is -0.130. The molecule has 0 amide bonds. The molecule has 1 aliphatic rings. The molecule has 0 saturated carbocycles. The van der Waals surface area contributed by atoms with Gasteiger partial charge in [0, 0.05) is 5.92 Å². The highest BCUT2D eigenvalue weighted by atomic mass is 16.5. The third kappa shape index (κ3) is 2.37. The molecule has 0 aliphatic carbocycles. The van der Waals surface area contributed by atoms with Crippen LogP contribution in [0.4, 0.5) is 0 Å². The Morgan fingerprint density at radius 3 is 2.53 bits per heavy atom. The van der Waals surface area contributed by atoms with E-state index in [0.717, 1.165) is 5.56 Å². The number of carbonyl (C=O) groups is 1. The van der Waals surface area contributed by atoms with Crippen molar-refractivity contribution in [1.29, 1.82) is 5.26 Å². The third-order valence-electron chi connectivity index (χ3n) is 3.17. The van der Waals surface area contributed by atoms with Crippen molar-refractivity contribution in [2.45, 2.75) is 25.9 Å². The van der Waals surface area contributed by atoms with Gasteiger partial charge >= 0.3 is 0 Å². The van der Waals surface area contributed by atoms with Crippen LogP contribution < -0.4 is 0 Å². The Labute approximate surface area is 101 Å². The van der Waals surface area contributed by atoms with Gasteiger partial charge in [0.1, 0.15) is 5.60 Å². The Kier molecular flexibility index (Phi) is 2.99. The molecular weight excluding hydrogens is 214 g/mol. The maximum Gasteiger partial charge on any atom is 0.169 e. The number of ketones is 1. The topological polar surface area (TPSA) is 50.1 Å². The highest BCUT2D eigenvalue weighted by Crippen LogP contribution is 2.27. The van der Waals surface area contributed by atoms with Gasteiger partial charge in [-0.2, -0.15) is 5.26 Å². The largest absolute Gasteiger partial charge is 0.367 e. The van der Waals surface area contributed by atoms with Gasteiger partial charge in [0.15, 0.2) is 5.78 Å². The van der Waals surface area contributed by atoms with Crippen LogP contribution in [0.5, 0.6) is 0 Å². The Balaban J connectivity index is 2.07. The quantitative estimate of drug-likeness (QED) is 0.780. The van der Waals surface area contributed by atoms with E-state index in [4.69, 9.17) is 10.00 Å². The second-order valence-electron chi connectivity index (χ2n) is 4.90. The van der Waals surface area contributed by atoms with E-state index in [0.29, 0.717) is 18.6 Å². The molecule has 1 atom stereocenters. The molecular formula is C14H15NO2. The average Bonchev–Trinajstić information content (AvgIpc) is 2.57. The smallest absolute Gasteiger partial charge is 0.169 e. The molecule has 1 aromatic carbocycles. The van der Waals surface area contributed by atoms with E-state index in [9.17, 15) is 4.79 Å². The second kappa shape index (κ2) is 4.31. The molecule has 2 rings (SSSR count). The van der Waals surface area contributed by atoms with Gasteiger partial charge in [0.05, 0.1) is 18.2 Å². The molecule has 17 heavy (non-hydrogen) atoms. The number of nitrogens with zero attached hydrogens (tertiary/aromatic N) is 1. The third-order valence-corrected chi connectivity index (χ3v) is 3.17. The molecule has 3 nitrogen and oxygen atoms in total. The first-order valence-electron chi connectivity index (χ1n) is 5.70. The number of hydrogen-bond acceptors (Lipinski definition) is 3. The summed E-state index contributed by atoms with van der Waals surface area (Å²) < 4.78 is 5.48. The van der Waals surface area contributed by atoms with Gasteiger partial charge in [-0.3, -0.25) is 4.79 Å². The van der Waals surface area contributed by atoms with Gasteiger partial charge in [0.2, 0.25) is 0 Å². The van der Waals surface area contributed by atoms with Crippen LogP contribution in [0, 0.1) is 17.2 Å².